The van der Waals surface area contributed by atoms with E-state index in [4.69, 9.17) is 27.9 Å². The number of benzene rings is 4. The van der Waals surface area contributed by atoms with Gasteiger partial charge in [-0.2, -0.15) is 0 Å². The molecule has 39 heavy (non-hydrogen) atoms. The standard InChI is InChI=1S/C29H18Cl2FN3O4/c30-23-16-19(9-14-24(23)32)34-27(36)17-5-4-6-18(15-17)33-26-25(31)28(37)35(29(26)38)20-10-12-22(13-11-20)39-21-7-2-1-3-8-21/h1-16,33H,(H,34,36). The molecule has 5 rings (SSSR count). The van der Waals surface area contributed by atoms with Crippen LogP contribution in [0, 0.1) is 5.82 Å². The van der Waals surface area contributed by atoms with Crippen LogP contribution in [0.15, 0.2) is 108 Å². The number of ether oxygens (including phenoxy) is 1. The van der Waals surface area contributed by atoms with Gasteiger partial charge in [0.1, 0.15) is 28.0 Å². The summed E-state index contributed by atoms with van der Waals surface area (Å²) < 4.78 is 19.2. The second kappa shape index (κ2) is 11.0. The molecule has 4 aromatic carbocycles. The Morgan fingerprint density at radius 1 is 0.769 bits per heavy atom. The first-order chi connectivity index (χ1) is 18.8. The van der Waals surface area contributed by atoms with Crippen molar-refractivity contribution in [2.45, 2.75) is 0 Å². The van der Waals surface area contributed by atoms with Crippen molar-refractivity contribution in [3.8, 4) is 11.5 Å². The molecule has 1 aliphatic heterocycles. The van der Waals surface area contributed by atoms with Crippen molar-refractivity contribution in [2.75, 3.05) is 15.5 Å². The van der Waals surface area contributed by atoms with E-state index in [1.165, 1.54) is 18.2 Å². The van der Waals surface area contributed by atoms with Crippen LogP contribution >= 0.6 is 23.2 Å². The Balaban J connectivity index is 1.29. The van der Waals surface area contributed by atoms with E-state index in [1.54, 1.807) is 54.6 Å². The third-order valence-corrected chi connectivity index (χ3v) is 6.31. The fourth-order valence-corrected chi connectivity index (χ4v) is 4.19. The number of hydrogen-bond acceptors (Lipinski definition) is 5. The molecule has 0 aliphatic carbocycles. The van der Waals surface area contributed by atoms with E-state index in [0.717, 1.165) is 11.0 Å². The molecule has 0 fully saturated rings. The van der Waals surface area contributed by atoms with Crippen LogP contribution in [0.3, 0.4) is 0 Å². The highest BCUT2D eigenvalue weighted by Gasteiger charge is 2.39. The SMILES string of the molecule is O=C(Nc1ccc(F)c(Cl)c1)c1cccc(NC2=C(Cl)C(=O)N(c3ccc(Oc4ccccc4)cc3)C2=O)c1. The number of nitrogens with one attached hydrogen (secondary N) is 2. The minimum absolute atomic E-state index is 0.128. The van der Waals surface area contributed by atoms with Crippen molar-refractivity contribution in [2.24, 2.45) is 0 Å². The molecule has 0 radical (unpaired) electrons. The van der Waals surface area contributed by atoms with Gasteiger partial charge in [0.2, 0.25) is 0 Å². The average molecular weight is 562 g/mol. The normalized spacial score (nSPS) is 13.1. The second-order valence-electron chi connectivity index (χ2n) is 8.33. The van der Waals surface area contributed by atoms with Gasteiger partial charge in [-0.25, -0.2) is 9.29 Å². The quantitative estimate of drug-likeness (QED) is 0.238. The fraction of sp³-hybridized carbons (Fsp3) is 0. The van der Waals surface area contributed by atoms with Crippen LogP contribution in [-0.2, 0) is 9.59 Å². The molecular weight excluding hydrogens is 544 g/mol. The summed E-state index contributed by atoms with van der Waals surface area (Å²) in [4.78, 5) is 39.7. The van der Waals surface area contributed by atoms with Crippen molar-refractivity contribution >= 4 is 58.0 Å². The molecule has 0 saturated carbocycles. The van der Waals surface area contributed by atoms with E-state index in [0.29, 0.717) is 28.6 Å². The topological polar surface area (TPSA) is 87.7 Å². The summed E-state index contributed by atoms with van der Waals surface area (Å²) in [5.74, 6) is -1.27. The molecule has 4 aromatic rings. The highest BCUT2D eigenvalue weighted by molar-refractivity contribution is 6.53. The maximum absolute atomic E-state index is 13.4. The first-order valence-corrected chi connectivity index (χ1v) is 12.3. The minimum Gasteiger partial charge on any atom is -0.457 e. The molecule has 0 bridgehead atoms. The van der Waals surface area contributed by atoms with Gasteiger partial charge in [0, 0.05) is 16.9 Å². The van der Waals surface area contributed by atoms with Crippen molar-refractivity contribution in [1.82, 2.24) is 0 Å². The van der Waals surface area contributed by atoms with Gasteiger partial charge in [-0.3, -0.25) is 14.4 Å². The molecule has 1 aliphatic rings. The summed E-state index contributed by atoms with van der Waals surface area (Å²) in [5, 5.41) is 5.06. The van der Waals surface area contributed by atoms with E-state index in [2.05, 4.69) is 10.6 Å². The molecule has 0 atom stereocenters. The van der Waals surface area contributed by atoms with Crippen LogP contribution in [0.2, 0.25) is 5.02 Å². The lowest BCUT2D eigenvalue weighted by atomic mass is 10.1. The molecule has 7 nitrogen and oxygen atoms in total. The highest BCUT2D eigenvalue weighted by Crippen LogP contribution is 2.32. The first-order valence-electron chi connectivity index (χ1n) is 11.5. The Morgan fingerprint density at radius 2 is 1.49 bits per heavy atom. The number of carbonyl (C=O) groups is 3. The lowest BCUT2D eigenvalue weighted by Gasteiger charge is -2.16. The maximum atomic E-state index is 13.4. The second-order valence-corrected chi connectivity index (χ2v) is 9.12. The Hall–Kier alpha value is -4.66. The Morgan fingerprint density at radius 3 is 2.21 bits per heavy atom. The molecule has 194 valence electrons. The van der Waals surface area contributed by atoms with Gasteiger partial charge in [-0.1, -0.05) is 47.5 Å². The van der Waals surface area contributed by atoms with Crippen molar-refractivity contribution < 1.29 is 23.5 Å². The zero-order chi connectivity index (χ0) is 27.5. The molecular formula is C29H18Cl2FN3O4. The number of carbonyl (C=O) groups excluding carboxylic acids is 3. The van der Waals surface area contributed by atoms with E-state index >= 15 is 0 Å². The van der Waals surface area contributed by atoms with E-state index in [9.17, 15) is 18.8 Å². The van der Waals surface area contributed by atoms with Gasteiger partial charge in [-0.05, 0) is 72.8 Å². The zero-order valence-corrected chi connectivity index (χ0v) is 21.5. The molecule has 0 saturated heterocycles. The maximum Gasteiger partial charge on any atom is 0.283 e. The largest absolute Gasteiger partial charge is 0.457 e. The molecule has 10 heteroatoms. The number of amides is 3. The molecule has 0 unspecified atom stereocenters. The van der Waals surface area contributed by atoms with Crippen LogP contribution in [0.25, 0.3) is 0 Å². The van der Waals surface area contributed by atoms with Crippen LogP contribution in [0.4, 0.5) is 21.5 Å². The van der Waals surface area contributed by atoms with Gasteiger partial charge in [0.25, 0.3) is 17.7 Å². The molecule has 2 N–H and O–H groups in total. The number of hydrogen-bond donors (Lipinski definition) is 2. The van der Waals surface area contributed by atoms with E-state index < -0.39 is 23.5 Å². The van der Waals surface area contributed by atoms with Gasteiger partial charge in [0.15, 0.2) is 0 Å². The third kappa shape index (κ3) is 5.62. The molecule has 1 heterocycles. The van der Waals surface area contributed by atoms with Crippen LogP contribution in [0.5, 0.6) is 11.5 Å². The summed E-state index contributed by atoms with van der Waals surface area (Å²) in [6.07, 6.45) is 0. The molecule has 0 spiro atoms. The predicted molar refractivity (Wildman–Crippen MR) is 148 cm³/mol. The van der Waals surface area contributed by atoms with Gasteiger partial charge in [0.05, 0.1) is 10.7 Å². The number of rotatable bonds is 7. The fourth-order valence-electron chi connectivity index (χ4n) is 3.79. The number of para-hydroxylation sites is 1. The Kier molecular flexibility index (Phi) is 7.31. The lowest BCUT2D eigenvalue weighted by Crippen LogP contribution is -2.32. The van der Waals surface area contributed by atoms with Crippen molar-refractivity contribution in [1.29, 1.82) is 0 Å². The van der Waals surface area contributed by atoms with Crippen molar-refractivity contribution in [3.63, 3.8) is 0 Å². The van der Waals surface area contributed by atoms with Crippen LogP contribution in [-0.4, -0.2) is 17.7 Å². The minimum atomic E-state index is -0.692. The van der Waals surface area contributed by atoms with Crippen molar-refractivity contribution in [3.05, 3.63) is 124 Å². The van der Waals surface area contributed by atoms with Gasteiger partial charge >= 0.3 is 0 Å². The first kappa shape index (κ1) is 26.0. The van der Waals surface area contributed by atoms with Crippen LogP contribution in [0.1, 0.15) is 10.4 Å². The van der Waals surface area contributed by atoms with Gasteiger partial charge < -0.3 is 15.4 Å². The highest BCUT2D eigenvalue weighted by atomic mass is 35.5. The smallest absolute Gasteiger partial charge is 0.283 e. The van der Waals surface area contributed by atoms with E-state index in [1.807, 2.05) is 18.2 Å². The number of halogens is 3. The van der Waals surface area contributed by atoms with Gasteiger partial charge in [-0.15, -0.1) is 0 Å². The summed E-state index contributed by atoms with van der Waals surface area (Å²) >= 11 is 12.0. The van der Waals surface area contributed by atoms with E-state index in [-0.39, 0.29) is 21.3 Å². The summed E-state index contributed by atoms with van der Waals surface area (Å²) in [5.41, 5.74) is 1.07. The third-order valence-electron chi connectivity index (χ3n) is 5.67. The zero-order valence-electron chi connectivity index (χ0n) is 20.0. The summed E-state index contributed by atoms with van der Waals surface area (Å²) in [6.45, 7) is 0. The summed E-state index contributed by atoms with van der Waals surface area (Å²) in [7, 11) is 0. The Labute approximate surface area is 232 Å². The Bertz CT molecular complexity index is 1630. The lowest BCUT2D eigenvalue weighted by molar-refractivity contribution is -0.120. The number of nitrogens with zero attached hydrogens (tertiary/aromatic N) is 1. The predicted octanol–water partition coefficient (Wildman–Crippen LogP) is 6.96. The molecule has 0 aromatic heterocycles. The number of imide groups is 1. The molecule has 3 amide bonds. The monoisotopic (exact) mass is 561 g/mol. The number of anilines is 3. The average Bonchev–Trinajstić information content (AvgIpc) is 3.15. The summed E-state index contributed by atoms with van der Waals surface area (Å²) in [6, 6.07) is 25.6. The van der Waals surface area contributed by atoms with Crippen LogP contribution < -0.4 is 20.3 Å².